The van der Waals surface area contributed by atoms with E-state index in [-0.39, 0.29) is 19.3 Å². The van der Waals surface area contributed by atoms with Crippen molar-refractivity contribution in [2.24, 2.45) is 0 Å². The zero-order valence-corrected chi connectivity index (χ0v) is 30.3. The Labute approximate surface area is 283 Å². The molecule has 3 rings (SSSR count). The summed E-state index contributed by atoms with van der Waals surface area (Å²) in [6.45, 7) is -6.50. The lowest BCUT2D eigenvalue weighted by molar-refractivity contribution is -0.0395. The topological polar surface area (TPSA) is 282 Å². The molecule has 5 radical (unpaired) electrons. The summed E-state index contributed by atoms with van der Waals surface area (Å²) in [6.07, 6.45) is -9.33. The van der Waals surface area contributed by atoms with Crippen LogP contribution >= 0.6 is 37.8 Å². The van der Waals surface area contributed by atoms with Crippen molar-refractivity contribution < 1.29 is 97.7 Å². The lowest BCUT2D eigenvalue weighted by Gasteiger charge is -2.25. The van der Waals surface area contributed by atoms with Gasteiger partial charge in [0.05, 0.1) is 51.4 Å². The Morgan fingerprint density at radius 3 is 1.90 bits per heavy atom. The summed E-state index contributed by atoms with van der Waals surface area (Å²) in [5.41, 5.74) is 0. The van der Waals surface area contributed by atoms with E-state index < -0.39 is 125 Å². The maximum Gasteiger partial charge on any atom is 0.486 e. The van der Waals surface area contributed by atoms with E-state index in [1.165, 1.54) is 6.92 Å². The van der Waals surface area contributed by atoms with Gasteiger partial charge in [-0.3, -0.25) is 22.7 Å². The smallest absolute Gasteiger partial charge is 0.390 e. The van der Waals surface area contributed by atoms with Gasteiger partial charge in [0.1, 0.15) is 32.8 Å². The SMILES string of the molecule is [B][B][C@H]1C[C@H](OP(=O)(O)OC[C@H]2O[C@@H](CF)C[C@@H]2O)[C@@H](COP(=O)(O)O[C@H]2C[C@H]([B])O[C@@H]2COP(O)(=S)OP(=O)(O)OP(=O)(O)CC)O1. The summed E-state index contributed by atoms with van der Waals surface area (Å²) in [5, 5.41) is 9.92. The van der Waals surface area contributed by atoms with Crippen molar-refractivity contribution in [1.29, 1.82) is 0 Å². The molecule has 5 unspecified atom stereocenters. The van der Waals surface area contributed by atoms with Crippen molar-refractivity contribution in [2.45, 2.75) is 80.9 Å². The number of aliphatic hydroxyl groups is 1. The van der Waals surface area contributed by atoms with Crippen molar-refractivity contribution in [1.82, 2.24) is 0 Å². The zero-order valence-electron chi connectivity index (χ0n) is 25.0. The van der Waals surface area contributed by atoms with Gasteiger partial charge in [-0.25, -0.2) is 26.7 Å². The first kappa shape index (κ1) is 43.5. The number of rotatable bonds is 20. The molecule has 3 fully saturated rings. The molecule has 0 amide bonds. The van der Waals surface area contributed by atoms with E-state index in [2.05, 4.69) is 20.4 Å². The molecule has 273 valence electrons. The molecular weight excluding hydrogens is 775 g/mol. The fourth-order valence-electron chi connectivity index (χ4n) is 4.49. The van der Waals surface area contributed by atoms with E-state index in [4.69, 9.17) is 52.4 Å². The highest BCUT2D eigenvalue weighted by Crippen LogP contribution is 2.67. The highest BCUT2D eigenvalue weighted by molar-refractivity contribution is 8.08. The molecule has 0 aromatic carbocycles. The molecule has 30 heteroatoms. The van der Waals surface area contributed by atoms with Crippen LogP contribution in [0, 0.1) is 0 Å². The molecule has 0 saturated carbocycles. The summed E-state index contributed by atoms with van der Waals surface area (Å²) in [6, 6.07) is -1.93. The maximum absolute atomic E-state index is 12.8. The van der Waals surface area contributed by atoms with Crippen LogP contribution in [0.4, 0.5) is 4.39 Å². The predicted octanol–water partition coefficient (Wildman–Crippen LogP) is 0.237. The Balaban J connectivity index is 1.54. The summed E-state index contributed by atoms with van der Waals surface area (Å²) in [5.74, 6) is 0. The molecule has 0 aliphatic carbocycles. The Hall–Kier alpha value is 1.05. The van der Waals surface area contributed by atoms with E-state index in [0.29, 0.717) is 0 Å². The third-order valence-corrected chi connectivity index (χ3v) is 14.4. The van der Waals surface area contributed by atoms with Crippen LogP contribution in [-0.4, -0.2) is 140 Å². The lowest BCUT2D eigenvalue weighted by atomic mass is 9.51. The highest BCUT2D eigenvalue weighted by Gasteiger charge is 2.45. The number of phosphoric ester groups is 2. The third kappa shape index (κ3) is 14.1. The number of ether oxygens (including phenoxy) is 3. The molecule has 3 saturated heterocycles. The summed E-state index contributed by atoms with van der Waals surface area (Å²) < 4.78 is 112. The maximum atomic E-state index is 12.8. The number of aliphatic hydroxyl groups excluding tert-OH is 1. The average Bonchev–Trinajstić information content (AvgIpc) is 3.63. The molecule has 0 aromatic rings. The van der Waals surface area contributed by atoms with Gasteiger partial charge in [0.25, 0.3) is 0 Å². The first-order chi connectivity index (χ1) is 22.1. The zero-order chi connectivity index (χ0) is 36.1. The van der Waals surface area contributed by atoms with Crippen LogP contribution in [0.25, 0.3) is 0 Å². The second kappa shape index (κ2) is 17.9. The van der Waals surface area contributed by atoms with Gasteiger partial charge in [0, 0.05) is 32.3 Å². The molecule has 14 atom stereocenters. The van der Waals surface area contributed by atoms with Crippen LogP contribution in [0.5, 0.6) is 0 Å². The molecule has 0 bridgehead atoms. The van der Waals surface area contributed by atoms with Gasteiger partial charge in [-0.2, -0.15) is 0 Å². The minimum Gasteiger partial charge on any atom is -0.390 e. The molecule has 3 heterocycles. The number of hydrogen-bond donors (Lipinski definition) is 6. The Morgan fingerprint density at radius 2 is 1.35 bits per heavy atom. The van der Waals surface area contributed by atoms with Crippen molar-refractivity contribution >= 4 is 72.3 Å². The van der Waals surface area contributed by atoms with Gasteiger partial charge in [0.15, 0.2) is 0 Å². The summed E-state index contributed by atoms with van der Waals surface area (Å²) >= 11 is 4.63. The van der Waals surface area contributed by atoms with E-state index in [9.17, 15) is 52.2 Å². The highest BCUT2D eigenvalue weighted by atomic mass is 32.5. The average molecular weight is 809 g/mol. The molecule has 48 heavy (non-hydrogen) atoms. The molecule has 20 nitrogen and oxygen atoms in total. The summed E-state index contributed by atoms with van der Waals surface area (Å²) in [7, 11) is -7.48. The van der Waals surface area contributed by atoms with Crippen LogP contribution in [-0.2, 0) is 75.5 Å². The number of hydrogen-bond acceptors (Lipinski definition) is 16. The monoisotopic (exact) mass is 809 g/mol. The molecule has 0 aromatic heterocycles. The second-order valence-electron chi connectivity index (χ2n) is 10.5. The molecule has 3 aliphatic heterocycles. The first-order valence-electron chi connectivity index (χ1n) is 13.9. The van der Waals surface area contributed by atoms with E-state index >= 15 is 0 Å². The Morgan fingerprint density at radius 1 is 0.812 bits per heavy atom. The van der Waals surface area contributed by atoms with Crippen molar-refractivity contribution in [3.63, 3.8) is 0 Å². The number of alkyl halides is 1. The molecule has 0 spiro atoms. The normalized spacial score (nSPS) is 37.2. The Bertz CT molecular complexity index is 1320. The van der Waals surface area contributed by atoms with Gasteiger partial charge in [-0.1, -0.05) is 6.92 Å². The first-order valence-corrected chi connectivity index (χ1v) is 22.8. The Kier molecular flexibility index (Phi) is 16.2. The van der Waals surface area contributed by atoms with Crippen LogP contribution in [0.1, 0.15) is 26.2 Å². The van der Waals surface area contributed by atoms with Crippen LogP contribution in [0.15, 0.2) is 0 Å². The predicted molar refractivity (Wildman–Crippen MR) is 165 cm³/mol. The van der Waals surface area contributed by atoms with Gasteiger partial charge >= 0.3 is 37.8 Å². The molecule has 3 aliphatic rings. The van der Waals surface area contributed by atoms with Gasteiger partial charge in [-0.05, 0) is 24.6 Å². The van der Waals surface area contributed by atoms with E-state index in [0.717, 1.165) is 7.17 Å². The lowest BCUT2D eigenvalue weighted by Crippen LogP contribution is -2.31. The van der Waals surface area contributed by atoms with Crippen LogP contribution in [0.2, 0.25) is 0 Å². The minimum absolute atomic E-state index is 0.0369. The van der Waals surface area contributed by atoms with Crippen molar-refractivity contribution in [3.8, 4) is 0 Å². The standard InChI is InChI=1S/C18H34B3FO20P5S/c1-2-43(24,25)41-46(30,31)42-47(32,48)35-9-15-12(4-17(19)37-15)39-45(28,29)34-8-16-13(5-18(21-20)38-16)40-44(26,27)33-7-14-11(23)3-10(6-22)36-14/h10-18,23H,2-9H2,1H3,(H,24,25)(H,26,27)(H,28,29)(H,30,31)(H,32,48)/t10-,11+,12+,13+,14-,15-,16-,17-,18-,47?/m1/s1. The van der Waals surface area contributed by atoms with Crippen LogP contribution in [0.3, 0.4) is 0 Å². The minimum atomic E-state index is -5.38. The number of halogens is 1. The van der Waals surface area contributed by atoms with Gasteiger partial charge in [0.2, 0.25) is 0 Å². The van der Waals surface area contributed by atoms with Crippen molar-refractivity contribution in [2.75, 3.05) is 32.7 Å². The fraction of sp³-hybridized carbons (Fsp3) is 1.00. The largest absolute Gasteiger partial charge is 0.486 e. The van der Waals surface area contributed by atoms with Crippen LogP contribution < -0.4 is 0 Å². The third-order valence-electron chi connectivity index (χ3n) is 6.73. The fourth-order valence-corrected chi connectivity index (χ4v) is 11.1. The van der Waals surface area contributed by atoms with E-state index in [1.54, 1.807) is 0 Å². The van der Waals surface area contributed by atoms with Crippen molar-refractivity contribution in [3.05, 3.63) is 0 Å². The second-order valence-corrected chi connectivity index (χ2v) is 20.1. The quantitative estimate of drug-likeness (QED) is 0.0709. The van der Waals surface area contributed by atoms with Gasteiger partial charge in [-0.15, -0.1) is 0 Å². The van der Waals surface area contributed by atoms with E-state index in [1.807, 2.05) is 0 Å². The molecular formula is C18H34B3FO20P5S. The summed E-state index contributed by atoms with van der Waals surface area (Å²) in [4.78, 5) is 49.9. The molecule has 6 N–H and O–H groups in total. The number of phosphoric acid groups is 3. The van der Waals surface area contributed by atoms with Gasteiger partial charge < -0.3 is 48.3 Å².